The van der Waals surface area contributed by atoms with Gasteiger partial charge in [-0.2, -0.15) is 4.98 Å². The van der Waals surface area contributed by atoms with E-state index in [0.29, 0.717) is 24.6 Å². The lowest BCUT2D eigenvalue weighted by atomic mass is 9.89. The molecule has 2 heterocycles. The first-order valence-corrected chi connectivity index (χ1v) is 11.7. The number of carbonyl (C=O) groups excluding carboxylic acids is 1. The Labute approximate surface area is 203 Å². The van der Waals surface area contributed by atoms with Gasteiger partial charge in [0.1, 0.15) is 23.7 Å². The number of aromatic nitrogens is 2. The summed E-state index contributed by atoms with van der Waals surface area (Å²) in [6.07, 6.45) is 0.785. The van der Waals surface area contributed by atoms with Crippen molar-refractivity contribution in [1.82, 2.24) is 9.97 Å². The van der Waals surface area contributed by atoms with Gasteiger partial charge in [-0.3, -0.25) is 4.79 Å². The molecule has 1 aromatic heterocycles. The lowest BCUT2D eigenvalue weighted by Gasteiger charge is -2.40. The molecule has 0 unspecified atom stereocenters. The Kier molecular flexibility index (Phi) is 6.70. The molecule has 2 aliphatic rings. The van der Waals surface area contributed by atoms with Crippen molar-refractivity contribution in [2.24, 2.45) is 0 Å². The first-order chi connectivity index (χ1) is 16.3. The standard InChI is InChI=1S/C25H31F3N4O3/c1-12-17-11-20(33)22(13(2)35-25(3,4)5)32(6)23(17)31-24(29-12)30-14-7-15(8-14)34-16-9-18(26)21(28)19(27)10-16/h9-10,13-15,22H,7-8,11H2,1-6H3,(H,29,30,31)/t13-,14?,15?,22-/m0/s1. The number of Topliss-reactive ketones (excluding diaryl/α,β-unsaturated/α-hetero) is 1. The van der Waals surface area contributed by atoms with Gasteiger partial charge < -0.3 is 19.7 Å². The molecule has 0 amide bonds. The van der Waals surface area contributed by atoms with Crippen LogP contribution in [0.25, 0.3) is 0 Å². The second-order valence-electron chi connectivity index (χ2n) is 10.3. The molecule has 0 bridgehead atoms. The van der Waals surface area contributed by atoms with Crippen LogP contribution in [0.3, 0.4) is 0 Å². The first kappa shape index (κ1) is 25.2. The van der Waals surface area contributed by atoms with Crippen LogP contribution in [0.2, 0.25) is 0 Å². The number of rotatable bonds is 6. The van der Waals surface area contributed by atoms with E-state index >= 15 is 0 Å². The summed E-state index contributed by atoms with van der Waals surface area (Å²) in [5, 5.41) is 3.28. The summed E-state index contributed by atoms with van der Waals surface area (Å²) in [4.78, 5) is 24.0. The Bertz CT molecular complexity index is 1110. The van der Waals surface area contributed by atoms with Crippen LogP contribution in [-0.2, 0) is 16.0 Å². The predicted molar refractivity (Wildman–Crippen MR) is 125 cm³/mol. The van der Waals surface area contributed by atoms with Crippen LogP contribution in [0.1, 0.15) is 51.8 Å². The van der Waals surface area contributed by atoms with Crippen molar-refractivity contribution >= 4 is 17.5 Å². The molecule has 2 aromatic rings. The number of aryl methyl sites for hydroxylation is 1. The second-order valence-corrected chi connectivity index (χ2v) is 10.3. The van der Waals surface area contributed by atoms with E-state index in [-0.39, 0.29) is 41.8 Å². The summed E-state index contributed by atoms with van der Waals surface area (Å²) < 4.78 is 51.6. The van der Waals surface area contributed by atoms with Gasteiger partial charge in [0, 0.05) is 55.7 Å². The fourth-order valence-corrected chi connectivity index (χ4v) is 4.72. The number of ketones is 1. The molecular weight excluding hydrogens is 461 g/mol. The van der Waals surface area contributed by atoms with Crippen LogP contribution in [0.4, 0.5) is 24.9 Å². The molecular formula is C25H31F3N4O3. The fraction of sp³-hybridized carbons (Fsp3) is 0.560. The summed E-state index contributed by atoms with van der Waals surface area (Å²) in [5.41, 5.74) is 1.14. The summed E-state index contributed by atoms with van der Waals surface area (Å²) in [6.45, 7) is 9.62. The van der Waals surface area contributed by atoms with Crippen molar-refractivity contribution < 1.29 is 27.4 Å². The van der Waals surface area contributed by atoms with Gasteiger partial charge in [-0.15, -0.1) is 0 Å². The molecule has 4 rings (SSSR count). The number of ether oxygens (including phenoxy) is 2. The summed E-state index contributed by atoms with van der Waals surface area (Å²) in [5.74, 6) is -2.93. The molecule has 10 heteroatoms. The van der Waals surface area contributed by atoms with E-state index in [4.69, 9.17) is 14.5 Å². The third-order valence-electron chi connectivity index (χ3n) is 6.30. The maximum atomic E-state index is 13.4. The van der Waals surface area contributed by atoms with Gasteiger partial charge in [0.2, 0.25) is 5.95 Å². The quantitative estimate of drug-likeness (QED) is 0.601. The molecule has 7 nitrogen and oxygen atoms in total. The van der Waals surface area contributed by atoms with Gasteiger partial charge in [0.15, 0.2) is 23.2 Å². The molecule has 2 atom stereocenters. The predicted octanol–water partition coefficient (Wildman–Crippen LogP) is 4.36. The van der Waals surface area contributed by atoms with E-state index in [1.807, 2.05) is 46.6 Å². The topological polar surface area (TPSA) is 76.6 Å². The third-order valence-corrected chi connectivity index (χ3v) is 6.30. The minimum Gasteiger partial charge on any atom is -0.490 e. The lowest BCUT2D eigenvalue weighted by Crippen LogP contribution is -2.53. The first-order valence-electron chi connectivity index (χ1n) is 11.7. The third kappa shape index (κ3) is 5.37. The van der Waals surface area contributed by atoms with Crippen molar-refractivity contribution in [3.63, 3.8) is 0 Å². The summed E-state index contributed by atoms with van der Waals surface area (Å²) >= 11 is 0. The van der Waals surface area contributed by atoms with Crippen LogP contribution in [0.5, 0.6) is 5.75 Å². The smallest absolute Gasteiger partial charge is 0.225 e. The van der Waals surface area contributed by atoms with E-state index in [2.05, 4.69) is 10.3 Å². The van der Waals surface area contributed by atoms with Crippen molar-refractivity contribution in [3.8, 4) is 5.75 Å². The van der Waals surface area contributed by atoms with Crippen LogP contribution >= 0.6 is 0 Å². The molecule has 0 saturated heterocycles. The zero-order valence-corrected chi connectivity index (χ0v) is 20.8. The van der Waals surface area contributed by atoms with Crippen molar-refractivity contribution in [2.45, 2.75) is 83.8 Å². The number of benzene rings is 1. The molecule has 1 aliphatic carbocycles. The highest BCUT2D eigenvalue weighted by Gasteiger charge is 2.39. The average Bonchev–Trinajstić information content (AvgIpc) is 2.70. The molecule has 1 N–H and O–H groups in total. The van der Waals surface area contributed by atoms with Crippen molar-refractivity contribution in [1.29, 1.82) is 0 Å². The molecule has 1 aliphatic heterocycles. The van der Waals surface area contributed by atoms with Gasteiger partial charge in [-0.1, -0.05) is 0 Å². The van der Waals surface area contributed by atoms with Gasteiger partial charge in [-0.25, -0.2) is 18.2 Å². The number of likely N-dealkylation sites (N-methyl/N-ethyl adjacent to an activating group) is 1. The lowest BCUT2D eigenvalue weighted by molar-refractivity contribution is -0.127. The zero-order valence-electron chi connectivity index (χ0n) is 20.8. The normalized spacial score (nSPS) is 22.9. The van der Waals surface area contributed by atoms with Crippen LogP contribution in [0, 0.1) is 24.4 Å². The minimum absolute atomic E-state index is 0.00191. The molecule has 0 spiro atoms. The van der Waals surface area contributed by atoms with Gasteiger partial charge in [0.25, 0.3) is 0 Å². The number of nitrogens with zero attached hydrogens (tertiary/aromatic N) is 3. The van der Waals surface area contributed by atoms with Crippen molar-refractivity contribution in [3.05, 3.63) is 40.8 Å². The van der Waals surface area contributed by atoms with Gasteiger partial charge >= 0.3 is 0 Å². The maximum Gasteiger partial charge on any atom is 0.225 e. The Morgan fingerprint density at radius 2 is 1.77 bits per heavy atom. The van der Waals surface area contributed by atoms with E-state index < -0.39 is 23.5 Å². The number of carbonyl (C=O) groups is 1. The number of anilines is 2. The molecule has 190 valence electrons. The Hall–Kier alpha value is -2.88. The Morgan fingerprint density at radius 1 is 1.14 bits per heavy atom. The number of fused-ring (bicyclic) bond motifs is 1. The highest BCUT2D eigenvalue weighted by molar-refractivity contribution is 5.93. The summed E-state index contributed by atoms with van der Waals surface area (Å²) in [7, 11) is 1.84. The molecule has 1 aromatic carbocycles. The highest BCUT2D eigenvalue weighted by Crippen LogP contribution is 2.33. The van der Waals surface area contributed by atoms with E-state index in [0.717, 1.165) is 23.4 Å². The van der Waals surface area contributed by atoms with E-state index in [9.17, 15) is 18.0 Å². The highest BCUT2D eigenvalue weighted by atomic mass is 19.2. The van der Waals surface area contributed by atoms with Gasteiger partial charge in [-0.05, 0) is 34.6 Å². The largest absolute Gasteiger partial charge is 0.490 e. The zero-order chi connectivity index (χ0) is 25.7. The number of nitrogens with one attached hydrogen (secondary N) is 1. The second kappa shape index (κ2) is 9.29. The maximum absolute atomic E-state index is 13.4. The Morgan fingerprint density at radius 3 is 2.37 bits per heavy atom. The minimum atomic E-state index is -1.52. The number of hydrogen-bond donors (Lipinski definition) is 1. The monoisotopic (exact) mass is 492 g/mol. The van der Waals surface area contributed by atoms with Crippen LogP contribution in [0.15, 0.2) is 12.1 Å². The molecule has 35 heavy (non-hydrogen) atoms. The fourth-order valence-electron chi connectivity index (χ4n) is 4.72. The van der Waals surface area contributed by atoms with Crippen molar-refractivity contribution in [2.75, 3.05) is 17.3 Å². The van der Waals surface area contributed by atoms with Crippen LogP contribution < -0.4 is 15.0 Å². The molecule has 1 saturated carbocycles. The number of hydrogen-bond acceptors (Lipinski definition) is 7. The number of halogens is 3. The van der Waals surface area contributed by atoms with Gasteiger partial charge in [0.05, 0.1) is 11.7 Å². The molecule has 0 radical (unpaired) electrons. The Balaban J connectivity index is 1.42. The van der Waals surface area contributed by atoms with Crippen LogP contribution in [-0.4, -0.2) is 52.7 Å². The summed E-state index contributed by atoms with van der Waals surface area (Å²) in [6, 6.07) is 1.23. The average molecular weight is 493 g/mol. The SMILES string of the molecule is Cc1nc(NC2CC(Oc3cc(F)c(F)c(F)c3)C2)nc2c1CC(=O)[C@H]([C@H](C)OC(C)(C)C)N2C. The van der Waals surface area contributed by atoms with E-state index in [1.54, 1.807) is 0 Å². The van der Waals surface area contributed by atoms with E-state index in [1.165, 1.54) is 0 Å². The molecule has 1 fully saturated rings.